The lowest BCUT2D eigenvalue weighted by Gasteiger charge is -2.15. The van der Waals surface area contributed by atoms with Crippen LogP contribution >= 0.6 is 22.6 Å². The zero-order valence-corrected chi connectivity index (χ0v) is 15.1. The van der Waals surface area contributed by atoms with Gasteiger partial charge >= 0.3 is 12.1 Å². The summed E-state index contributed by atoms with van der Waals surface area (Å²) < 4.78 is 43.8. The molecular weight excluding hydrogens is 456 g/mol. The Morgan fingerprint density at radius 1 is 1.40 bits per heavy atom. The molecule has 2 rings (SSSR count). The molecule has 0 unspecified atom stereocenters. The van der Waals surface area contributed by atoms with Crippen molar-refractivity contribution >= 4 is 40.2 Å². The number of alkyl halides is 3. The minimum absolute atomic E-state index is 0.00614. The molecule has 136 valence electrons. The van der Waals surface area contributed by atoms with E-state index in [-0.39, 0.29) is 36.7 Å². The van der Waals surface area contributed by atoms with Crippen LogP contribution in [-0.2, 0) is 20.5 Å². The SMILES string of the molecule is COC(=O)C1=C(Nc2cc(I)cc(C(F)(F)F)c2)C(=O)N(CCO)C1. The van der Waals surface area contributed by atoms with Crippen LogP contribution in [0.3, 0.4) is 0 Å². The number of carbonyl (C=O) groups excluding carboxylic acids is 2. The number of benzene rings is 1. The van der Waals surface area contributed by atoms with Crippen LogP contribution in [-0.4, -0.2) is 48.7 Å². The van der Waals surface area contributed by atoms with Crippen molar-refractivity contribution in [2.75, 3.05) is 32.1 Å². The number of methoxy groups -OCH3 is 1. The molecule has 0 saturated carbocycles. The van der Waals surface area contributed by atoms with Gasteiger partial charge in [0.2, 0.25) is 0 Å². The highest BCUT2D eigenvalue weighted by Gasteiger charge is 2.35. The van der Waals surface area contributed by atoms with E-state index in [1.165, 1.54) is 11.0 Å². The average Bonchev–Trinajstić information content (AvgIpc) is 2.83. The second-order valence-electron chi connectivity index (χ2n) is 5.15. The number of carbonyl (C=O) groups is 2. The summed E-state index contributed by atoms with van der Waals surface area (Å²) in [4.78, 5) is 25.4. The van der Waals surface area contributed by atoms with E-state index in [2.05, 4.69) is 10.1 Å². The van der Waals surface area contributed by atoms with Crippen molar-refractivity contribution in [1.82, 2.24) is 4.90 Å². The fourth-order valence-electron chi connectivity index (χ4n) is 2.32. The molecular formula is C15H14F3IN2O4. The van der Waals surface area contributed by atoms with Gasteiger partial charge in [0.05, 0.1) is 31.4 Å². The van der Waals surface area contributed by atoms with Gasteiger partial charge < -0.3 is 20.1 Å². The minimum atomic E-state index is -4.54. The number of aliphatic hydroxyl groups excluding tert-OH is 1. The lowest BCUT2D eigenvalue weighted by molar-refractivity contribution is -0.138. The van der Waals surface area contributed by atoms with E-state index in [0.717, 1.165) is 19.2 Å². The van der Waals surface area contributed by atoms with Crippen LogP contribution in [0.1, 0.15) is 5.56 Å². The van der Waals surface area contributed by atoms with Gasteiger partial charge in [-0.1, -0.05) is 0 Å². The third kappa shape index (κ3) is 4.42. The Labute approximate surface area is 154 Å². The summed E-state index contributed by atoms with van der Waals surface area (Å²) in [6, 6.07) is 3.24. The molecule has 10 heteroatoms. The molecule has 1 aliphatic heterocycles. The van der Waals surface area contributed by atoms with Crippen LogP contribution in [0.15, 0.2) is 29.5 Å². The predicted molar refractivity (Wildman–Crippen MR) is 90.5 cm³/mol. The van der Waals surface area contributed by atoms with Gasteiger partial charge in [0, 0.05) is 15.8 Å². The topological polar surface area (TPSA) is 78.9 Å². The molecule has 6 nitrogen and oxygen atoms in total. The molecule has 1 aliphatic rings. The summed E-state index contributed by atoms with van der Waals surface area (Å²) in [5.41, 5.74) is -1.02. The monoisotopic (exact) mass is 470 g/mol. The number of rotatable bonds is 5. The summed E-state index contributed by atoms with van der Waals surface area (Å²) in [6.07, 6.45) is -4.54. The quantitative estimate of drug-likeness (QED) is 0.509. The maximum Gasteiger partial charge on any atom is 0.416 e. The van der Waals surface area contributed by atoms with Gasteiger partial charge in [-0.25, -0.2) is 4.79 Å². The Morgan fingerprint density at radius 3 is 2.64 bits per heavy atom. The van der Waals surface area contributed by atoms with Crippen molar-refractivity contribution in [2.24, 2.45) is 0 Å². The maximum atomic E-state index is 12.9. The number of hydrogen-bond acceptors (Lipinski definition) is 5. The molecule has 0 atom stereocenters. The van der Waals surface area contributed by atoms with E-state index in [1.54, 1.807) is 22.6 Å². The van der Waals surface area contributed by atoms with E-state index in [4.69, 9.17) is 5.11 Å². The predicted octanol–water partition coefficient (Wildman–Crippen LogP) is 1.98. The summed E-state index contributed by atoms with van der Waals surface area (Å²) in [6.45, 7) is -0.413. The fourth-order valence-corrected chi connectivity index (χ4v) is 2.99. The highest BCUT2D eigenvalue weighted by atomic mass is 127. The number of ether oxygens (including phenoxy) is 1. The van der Waals surface area contributed by atoms with E-state index >= 15 is 0 Å². The first-order chi connectivity index (χ1) is 11.7. The molecule has 1 aromatic rings. The Morgan fingerprint density at radius 2 is 2.08 bits per heavy atom. The summed E-state index contributed by atoms with van der Waals surface area (Å²) in [5, 5.41) is 11.6. The van der Waals surface area contributed by atoms with Gasteiger partial charge in [0.1, 0.15) is 5.70 Å². The van der Waals surface area contributed by atoms with Crippen LogP contribution in [0.4, 0.5) is 18.9 Å². The zero-order valence-electron chi connectivity index (χ0n) is 13.0. The number of amides is 1. The smallest absolute Gasteiger partial charge is 0.416 e. The molecule has 0 saturated heterocycles. The summed E-state index contributed by atoms with van der Waals surface area (Å²) >= 11 is 1.73. The van der Waals surface area contributed by atoms with Crippen molar-refractivity contribution in [3.63, 3.8) is 0 Å². The van der Waals surface area contributed by atoms with Crippen LogP contribution in [0, 0.1) is 3.57 Å². The highest BCUT2D eigenvalue weighted by molar-refractivity contribution is 14.1. The number of anilines is 1. The van der Waals surface area contributed by atoms with Crippen molar-refractivity contribution < 1.29 is 32.6 Å². The van der Waals surface area contributed by atoms with Crippen molar-refractivity contribution in [2.45, 2.75) is 6.18 Å². The number of aliphatic hydroxyl groups is 1. The van der Waals surface area contributed by atoms with Crippen LogP contribution in [0.2, 0.25) is 0 Å². The Bertz CT molecular complexity index is 734. The molecule has 0 fully saturated rings. The fraction of sp³-hybridized carbons (Fsp3) is 0.333. The molecule has 0 radical (unpaired) electrons. The van der Waals surface area contributed by atoms with Gasteiger partial charge in [-0.15, -0.1) is 0 Å². The first-order valence-corrected chi connectivity index (χ1v) is 8.11. The van der Waals surface area contributed by atoms with Gasteiger partial charge in [-0.2, -0.15) is 13.2 Å². The van der Waals surface area contributed by atoms with E-state index in [1.807, 2.05) is 0 Å². The molecule has 1 amide bonds. The number of halogens is 4. The lowest BCUT2D eigenvalue weighted by Crippen LogP contribution is -2.31. The number of esters is 1. The Kier molecular flexibility index (Phi) is 5.93. The normalized spacial score (nSPS) is 15.0. The van der Waals surface area contributed by atoms with Gasteiger partial charge in [-0.3, -0.25) is 4.79 Å². The summed E-state index contributed by atoms with van der Waals surface area (Å²) in [5.74, 6) is -1.36. The molecule has 1 aromatic carbocycles. The second-order valence-corrected chi connectivity index (χ2v) is 6.39. The first kappa shape index (κ1) is 19.5. The van der Waals surface area contributed by atoms with Crippen molar-refractivity contribution in [3.05, 3.63) is 38.6 Å². The Balaban J connectivity index is 2.40. The van der Waals surface area contributed by atoms with Gasteiger partial charge in [0.15, 0.2) is 0 Å². The summed E-state index contributed by atoms with van der Waals surface area (Å²) in [7, 11) is 1.14. The third-order valence-electron chi connectivity index (χ3n) is 3.45. The molecule has 0 spiro atoms. The number of nitrogens with one attached hydrogen (secondary N) is 1. The van der Waals surface area contributed by atoms with E-state index in [9.17, 15) is 22.8 Å². The molecule has 1 heterocycles. The molecule has 2 N–H and O–H groups in total. The molecule has 0 aromatic heterocycles. The number of hydrogen-bond donors (Lipinski definition) is 2. The van der Waals surface area contributed by atoms with E-state index in [0.29, 0.717) is 3.57 Å². The number of β-amino-alcohol motifs (C(OH)–C–C–N with tert-alkyl or cyclic N) is 1. The zero-order chi connectivity index (χ0) is 18.8. The average molecular weight is 470 g/mol. The maximum absolute atomic E-state index is 12.9. The molecule has 0 bridgehead atoms. The standard InChI is InChI=1S/C15H14F3IN2O4/c1-25-14(24)11-7-21(2-3-22)13(23)12(11)20-10-5-8(15(16,17)18)4-9(19)6-10/h4-6,20,22H,2-3,7H2,1H3. The molecule has 0 aliphatic carbocycles. The third-order valence-corrected chi connectivity index (χ3v) is 4.07. The second kappa shape index (κ2) is 7.60. The van der Waals surface area contributed by atoms with Gasteiger partial charge in [0.25, 0.3) is 5.91 Å². The van der Waals surface area contributed by atoms with Gasteiger partial charge in [-0.05, 0) is 40.8 Å². The molecule has 25 heavy (non-hydrogen) atoms. The lowest BCUT2D eigenvalue weighted by atomic mass is 10.1. The van der Waals surface area contributed by atoms with Crippen molar-refractivity contribution in [3.8, 4) is 0 Å². The minimum Gasteiger partial charge on any atom is -0.466 e. The van der Waals surface area contributed by atoms with E-state index < -0.39 is 23.6 Å². The van der Waals surface area contributed by atoms with Crippen LogP contribution in [0.25, 0.3) is 0 Å². The van der Waals surface area contributed by atoms with Crippen LogP contribution in [0.5, 0.6) is 0 Å². The Hall–Kier alpha value is -1.82. The van der Waals surface area contributed by atoms with Crippen molar-refractivity contribution in [1.29, 1.82) is 0 Å². The largest absolute Gasteiger partial charge is 0.466 e. The van der Waals surface area contributed by atoms with Crippen LogP contribution < -0.4 is 5.32 Å². The first-order valence-electron chi connectivity index (χ1n) is 7.03. The number of nitrogens with zero attached hydrogens (tertiary/aromatic N) is 1. The highest BCUT2D eigenvalue weighted by Crippen LogP contribution is 2.33.